The van der Waals surface area contributed by atoms with Crippen molar-refractivity contribution >= 4 is 6.21 Å². The predicted octanol–water partition coefficient (Wildman–Crippen LogP) is 1.52. The van der Waals surface area contributed by atoms with Gasteiger partial charge >= 0.3 is 0 Å². The molecule has 0 saturated heterocycles. The molecule has 1 aromatic heterocycles. The second-order valence-electron chi connectivity index (χ2n) is 1.91. The third-order valence-electron chi connectivity index (χ3n) is 1.11. The average Bonchev–Trinajstić information content (AvgIpc) is 2.03. The summed E-state index contributed by atoms with van der Waals surface area (Å²) < 4.78 is 0. The van der Waals surface area contributed by atoms with Crippen molar-refractivity contribution in [3.63, 3.8) is 0 Å². The lowest BCUT2D eigenvalue weighted by Gasteiger charge is -1.87. The van der Waals surface area contributed by atoms with Crippen LogP contribution in [-0.2, 0) is 0 Å². The molecule has 0 radical (unpaired) electrons. The molecule has 1 heterocycles. The average molecular weight is 134 g/mol. The summed E-state index contributed by atoms with van der Waals surface area (Å²) in [6.07, 6.45) is 5.37. The van der Waals surface area contributed by atoms with Crippen molar-refractivity contribution < 1.29 is 0 Å². The van der Waals surface area contributed by atoms with E-state index < -0.39 is 0 Å². The lowest BCUT2D eigenvalue weighted by atomic mass is 10.3. The van der Waals surface area contributed by atoms with Gasteiger partial charge in [0, 0.05) is 30.7 Å². The molecule has 0 unspecified atom stereocenters. The first-order valence-electron chi connectivity index (χ1n) is 3.33. The summed E-state index contributed by atoms with van der Waals surface area (Å²) in [6.45, 7) is 2.84. The van der Waals surface area contributed by atoms with Gasteiger partial charge in [0.1, 0.15) is 0 Å². The van der Waals surface area contributed by atoms with Gasteiger partial charge in [0.2, 0.25) is 0 Å². The van der Waals surface area contributed by atoms with Crippen molar-refractivity contribution in [1.29, 1.82) is 0 Å². The van der Waals surface area contributed by atoms with Gasteiger partial charge in [0.15, 0.2) is 0 Å². The van der Waals surface area contributed by atoms with E-state index in [2.05, 4.69) is 9.98 Å². The summed E-state index contributed by atoms with van der Waals surface area (Å²) in [4.78, 5) is 8.02. The molecule has 0 amide bonds. The Hall–Kier alpha value is -1.18. The summed E-state index contributed by atoms with van der Waals surface area (Å²) in [5, 5.41) is 0. The lowest BCUT2D eigenvalue weighted by molar-refractivity contribution is 1.14. The molecule has 10 heavy (non-hydrogen) atoms. The standard InChI is InChI=1S/C8H10N2/c1-2-9-6-8-4-3-5-10-7-8/h3-7H,2H2,1H3. The van der Waals surface area contributed by atoms with Crippen molar-refractivity contribution in [3.05, 3.63) is 30.1 Å². The van der Waals surface area contributed by atoms with E-state index in [1.807, 2.05) is 25.3 Å². The third kappa shape index (κ3) is 1.97. The summed E-state index contributed by atoms with van der Waals surface area (Å²) in [7, 11) is 0. The molecule has 2 nitrogen and oxygen atoms in total. The molecule has 0 N–H and O–H groups in total. The van der Waals surface area contributed by atoms with Gasteiger partial charge in [-0.3, -0.25) is 9.98 Å². The molecule has 1 aromatic rings. The van der Waals surface area contributed by atoms with Crippen LogP contribution in [0.4, 0.5) is 0 Å². The maximum atomic E-state index is 4.08. The zero-order valence-corrected chi connectivity index (χ0v) is 5.99. The van der Waals surface area contributed by atoms with Crippen molar-refractivity contribution in [1.82, 2.24) is 4.98 Å². The zero-order chi connectivity index (χ0) is 7.23. The first-order chi connectivity index (χ1) is 4.93. The summed E-state index contributed by atoms with van der Waals surface area (Å²) >= 11 is 0. The zero-order valence-electron chi connectivity index (χ0n) is 5.99. The van der Waals surface area contributed by atoms with E-state index in [4.69, 9.17) is 0 Å². The molecular formula is C8H10N2. The van der Waals surface area contributed by atoms with E-state index in [0.717, 1.165) is 12.1 Å². The van der Waals surface area contributed by atoms with Gasteiger partial charge in [-0.25, -0.2) is 0 Å². The van der Waals surface area contributed by atoms with E-state index in [-0.39, 0.29) is 0 Å². The summed E-state index contributed by atoms with van der Waals surface area (Å²) in [5.74, 6) is 0. The quantitative estimate of drug-likeness (QED) is 0.563. The fraction of sp³-hybridized carbons (Fsp3) is 0.250. The van der Waals surface area contributed by atoms with Gasteiger partial charge in [-0.15, -0.1) is 0 Å². The van der Waals surface area contributed by atoms with Gasteiger partial charge in [0.05, 0.1) is 0 Å². The van der Waals surface area contributed by atoms with Crippen molar-refractivity contribution in [2.45, 2.75) is 6.92 Å². The lowest BCUT2D eigenvalue weighted by Crippen LogP contribution is -1.81. The number of pyridine rings is 1. The molecule has 0 aliphatic heterocycles. The fourth-order valence-electron chi connectivity index (χ4n) is 0.649. The van der Waals surface area contributed by atoms with E-state index in [9.17, 15) is 0 Å². The van der Waals surface area contributed by atoms with Crippen LogP contribution in [0.3, 0.4) is 0 Å². The van der Waals surface area contributed by atoms with Crippen LogP contribution < -0.4 is 0 Å². The van der Waals surface area contributed by atoms with Crippen LogP contribution in [0.25, 0.3) is 0 Å². The molecule has 1 rings (SSSR count). The number of rotatable bonds is 2. The van der Waals surface area contributed by atoms with Crippen LogP contribution in [0.1, 0.15) is 12.5 Å². The van der Waals surface area contributed by atoms with Crippen LogP contribution in [-0.4, -0.2) is 17.7 Å². The molecule has 2 heteroatoms. The molecule has 0 aliphatic carbocycles. The van der Waals surface area contributed by atoms with Gasteiger partial charge in [-0.05, 0) is 13.0 Å². The van der Waals surface area contributed by atoms with Crippen LogP contribution in [0.5, 0.6) is 0 Å². The van der Waals surface area contributed by atoms with Crippen LogP contribution in [0, 0.1) is 0 Å². The Kier molecular flexibility index (Phi) is 2.62. The Morgan fingerprint density at radius 1 is 1.70 bits per heavy atom. The van der Waals surface area contributed by atoms with E-state index >= 15 is 0 Å². The van der Waals surface area contributed by atoms with E-state index in [0.29, 0.717) is 0 Å². The molecule has 0 spiro atoms. The first kappa shape index (κ1) is 6.93. The highest BCUT2D eigenvalue weighted by Crippen LogP contribution is 1.89. The molecule has 0 saturated carbocycles. The van der Waals surface area contributed by atoms with Gasteiger partial charge in [-0.2, -0.15) is 0 Å². The van der Waals surface area contributed by atoms with E-state index in [1.165, 1.54) is 0 Å². The minimum absolute atomic E-state index is 0.828. The first-order valence-corrected chi connectivity index (χ1v) is 3.33. The minimum atomic E-state index is 0.828. The Morgan fingerprint density at radius 3 is 3.20 bits per heavy atom. The minimum Gasteiger partial charge on any atom is -0.293 e. The van der Waals surface area contributed by atoms with Crippen LogP contribution in [0.15, 0.2) is 29.5 Å². The highest BCUT2D eigenvalue weighted by atomic mass is 14.7. The van der Waals surface area contributed by atoms with Gasteiger partial charge in [0.25, 0.3) is 0 Å². The highest BCUT2D eigenvalue weighted by molar-refractivity contribution is 5.78. The number of hydrogen-bond acceptors (Lipinski definition) is 2. The van der Waals surface area contributed by atoms with Crippen LogP contribution >= 0.6 is 0 Å². The molecular weight excluding hydrogens is 124 g/mol. The van der Waals surface area contributed by atoms with E-state index in [1.54, 1.807) is 12.4 Å². The Labute approximate surface area is 60.6 Å². The molecule has 0 bridgehead atoms. The van der Waals surface area contributed by atoms with Gasteiger partial charge < -0.3 is 0 Å². The Bertz CT molecular complexity index is 204. The topological polar surface area (TPSA) is 25.2 Å². The fourth-order valence-corrected chi connectivity index (χ4v) is 0.649. The Balaban J connectivity index is 2.67. The number of aliphatic imine (C=N–C) groups is 1. The van der Waals surface area contributed by atoms with Crippen molar-refractivity contribution in [2.24, 2.45) is 4.99 Å². The number of hydrogen-bond donors (Lipinski definition) is 0. The second kappa shape index (κ2) is 3.77. The van der Waals surface area contributed by atoms with Crippen molar-refractivity contribution in [2.75, 3.05) is 6.54 Å². The maximum absolute atomic E-state index is 4.08. The largest absolute Gasteiger partial charge is 0.293 e. The van der Waals surface area contributed by atoms with Gasteiger partial charge in [-0.1, -0.05) is 6.07 Å². The molecule has 0 aliphatic rings. The molecule has 0 atom stereocenters. The number of nitrogens with zero attached hydrogens (tertiary/aromatic N) is 2. The SMILES string of the molecule is CCN=Cc1cccnc1. The molecule has 52 valence electrons. The second-order valence-corrected chi connectivity index (χ2v) is 1.91. The molecule has 0 aromatic carbocycles. The Morgan fingerprint density at radius 2 is 2.60 bits per heavy atom. The highest BCUT2D eigenvalue weighted by Gasteiger charge is 1.81. The summed E-state index contributed by atoms with van der Waals surface area (Å²) in [5.41, 5.74) is 1.06. The third-order valence-corrected chi connectivity index (χ3v) is 1.11. The maximum Gasteiger partial charge on any atom is 0.0361 e. The monoisotopic (exact) mass is 134 g/mol. The number of aromatic nitrogens is 1. The predicted molar refractivity (Wildman–Crippen MR) is 42.4 cm³/mol. The van der Waals surface area contributed by atoms with Crippen LogP contribution in [0.2, 0.25) is 0 Å². The van der Waals surface area contributed by atoms with Crippen molar-refractivity contribution in [3.8, 4) is 0 Å². The smallest absolute Gasteiger partial charge is 0.0361 e. The summed E-state index contributed by atoms with van der Waals surface area (Å²) in [6, 6.07) is 3.88. The normalized spacial score (nSPS) is 10.5. The molecule has 0 fully saturated rings.